The minimum atomic E-state index is -4.22. The van der Waals surface area contributed by atoms with E-state index in [1.165, 1.54) is 44.9 Å². The van der Waals surface area contributed by atoms with E-state index in [-0.39, 0.29) is 43.0 Å². The summed E-state index contributed by atoms with van der Waals surface area (Å²) in [5, 5.41) is 31.6. The summed E-state index contributed by atoms with van der Waals surface area (Å²) in [5.41, 5.74) is -1.52. The molecule has 0 spiro atoms. The number of aliphatic hydroxyl groups is 2. The number of carbonyl (C=O) groups excluding carboxylic acids is 1. The van der Waals surface area contributed by atoms with Gasteiger partial charge in [0.05, 0.1) is 25.9 Å². The molecule has 198 valence electrons. The van der Waals surface area contributed by atoms with Gasteiger partial charge in [0.15, 0.2) is 0 Å². The molecule has 0 aromatic rings. The normalized spacial score (nSPS) is 15.3. The molecule has 8 nitrogen and oxygen atoms in total. The average molecular weight is 496 g/mol. The minimum absolute atomic E-state index is 0.0145. The first-order valence-corrected chi connectivity index (χ1v) is 14.3. The molecule has 0 heterocycles. The van der Waals surface area contributed by atoms with Crippen LogP contribution in [0.25, 0.3) is 0 Å². The largest absolute Gasteiger partial charge is 0.544 e. The summed E-state index contributed by atoms with van der Waals surface area (Å²) < 4.78 is 31.3. The third-order valence-electron chi connectivity index (χ3n) is 7.27. The van der Waals surface area contributed by atoms with E-state index in [2.05, 4.69) is 6.92 Å². The highest BCUT2D eigenvalue weighted by atomic mass is 32.2. The third kappa shape index (κ3) is 12.0. The Balaban J connectivity index is 5.05. The molecule has 0 amide bonds. The maximum absolute atomic E-state index is 12.4. The second-order valence-electron chi connectivity index (χ2n) is 9.86. The lowest BCUT2D eigenvalue weighted by atomic mass is 9.83. The molecule has 0 aromatic heterocycles. The van der Waals surface area contributed by atoms with Crippen molar-refractivity contribution >= 4 is 16.1 Å². The Bertz CT molecular complexity index is 624. The topological polar surface area (TPSA) is 135 Å². The molecule has 3 N–H and O–H groups in total. The summed E-state index contributed by atoms with van der Waals surface area (Å²) in [6.07, 6.45) is 12.9. The van der Waals surface area contributed by atoms with Crippen molar-refractivity contribution < 1.29 is 37.6 Å². The number of carboxylic acids is 1. The van der Waals surface area contributed by atoms with Crippen LogP contribution in [0, 0.1) is 0 Å². The van der Waals surface area contributed by atoms with Gasteiger partial charge >= 0.3 is 0 Å². The van der Waals surface area contributed by atoms with E-state index >= 15 is 0 Å². The summed E-state index contributed by atoms with van der Waals surface area (Å²) in [4.78, 5) is 12.4. The van der Waals surface area contributed by atoms with Crippen molar-refractivity contribution in [3.63, 3.8) is 0 Å². The summed E-state index contributed by atoms with van der Waals surface area (Å²) in [5.74, 6) is -1.89. The van der Waals surface area contributed by atoms with Crippen molar-refractivity contribution in [1.29, 1.82) is 0 Å². The van der Waals surface area contributed by atoms with Crippen molar-refractivity contribution in [2.45, 2.75) is 115 Å². The monoisotopic (exact) mass is 495 g/mol. The Morgan fingerprint density at radius 1 is 0.848 bits per heavy atom. The quantitative estimate of drug-likeness (QED) is 0.119. The molecule has 2 unspecified atom stereocenters. The van der Waals surface area contributed by atoms with E-state index in [0.717, 1.165) is 25.7 Å². The molecule has 0 aliphatic carbocycles. The number of likely N-dealkylation sites (N-methyl/N-ethyl adjacent to an activating group) is 1. The molecule has 0 saturated heterocycles. The van der Waals surface area contributed by atoms with Crippen LogP contribution in [0.15, 0.2) is 0 Å². The first-order chi connectivity index (χ1) is 15.5. The Morgan fingerprint density at radius 2 is 1.36 bits per heavy atom. The van der Waals surface area contributed by atoms with E-state index in [1.54, 1.807) is 14.1 Å². The van der Waals surface area contributed by atoms with Gasteiger partial charge in [-0.15, -0.1) is 0 Å². The highest BCUT2D eigenvalue weighted by Crippen LogP contribution is 2.35. The van der Waals surface area contributed by atoms with Crippen molar-refractivity contribution in [2.75, 3.05) is 33.1 Å². The van der Waals surface area contributed by atoms with Gasteiger partial charge in [0.1, 0.15) is 11.5 Å². The molecule has 33 heavy (non-hydrogen) atoms. The first-order valence-electron chi connectivity index (χ1n) is 12.7. The van der Waals surface area contributed by atoms with Gasteiger partial charge in [-0.3, -0.25) is 4.55 Å². The number of aliphatic hydroxyl groups excluding tert-OH is 2. The van der Waals surface area contributed by atoms with Crippen LogP contribution in [-0.4, -0.2) is 78.3 Å². The number of carbonyl (C=O) groups is 1. The van der Waals surface area contributed by atoms with Crippen molar-refractivity contribution in [3.05, 3.63) is 0 Å². The lowest BCUT2D eigenvalue weighted by Gasteiger charge is -2.53. The van der Waals surface area contributed by atoms with Crippen LogP contribution in [0.4, 0.5) is 0 Å². The molecule has 0 aliphatic heterocycles. The van der Waals surface area contributed by atoms with Gasteiger partial charge in [0.25, 0.3) is 10.1 Å². The van der Waals surface area contributed by atoms with Gasteiger partial charge in [-0.25, -0.2) is 0 Å². The number of unbranched alkanes of at least 4 members (excludes halogenated alkanes) is 9. The highest BCUT2D eigenvalue weighted by molar-refractivity contribution is 7.85. The fraction of sp³-hybridized carbons (Fsp3) is 0.958. The Kier molecular flexibility index (Phi) is 16.4. The smallest absolute Gasteiger partial charge is 0.264 e. The van der Waals surface area contributed by atoms with E-state index in [9.17, 15) is 28.5 Å². The van der Waals surface area contributed by atoms with Crippen LogP contribution in [-0.2, 0) is 14.9 Å². The second kappa shape index (κ2) is 16.8. The molecule has 0 fully saturated rings. The predicted molar refractivity (Wildman–Crippen MR) is 129 cm³/mol. The molecule has 2 atom stereocenters. The molecular weight excluding hydrogens is 446 g/mol. The summed E-state index contributed by atoms with van der Waals surface area (Å²) in [7, 11) is -0.699. The van der Waals surface area contributed by atoms with E-state index in [0.29, 0.717) is 6.42 Å². The minimum Gasteiger partial charge on any atom is -0.544 e. The zero-order valence-electron chi connectivity index (χ0n) is 21.1. The van der Waals surface area contributed by atoms with Gasteiger partial charge in [0, 0.05) is 32.5 Å². The molecule has 0 saturated carbocycles. The van der Waals surface area contributed by atoms with E-state index in [4.69, 9.17) is 4.55 Å². The first kappa shape index (κ1) is 32.3. The van der Waals surface area contributed by atoms with Crippen molar-refractivity contribution in [3.8, 4) is 0 Å². The number of hydrogen-bond acceptors (Lipinski definition) is 6. The van der Waals surface area contributed by atoms with Gasteiger partial charge in [-0.05, 0) is 19.3 Å². The maximum atomic E-state index is 12.4. The van der Waals surface area contributed by atoms with Gasteiger partial charge < -0.3 is 24.6 Å². The second-order valence-corrected chi connectivity index (χ2v) is 11.4. The number of quaternary nitrogens is 1. The predicted octanol–water partition coefficient (Wildman–Crippen LogP) is 2.66. The van der Waals surface area contributed by atoms with Gasteiger partial charge in [-0.2, -0.15) is 8.42 Å². The molecule has 0 radical (unpaired) electrons. The molecule has 9 heteroatoms. The standard InChI is InChI=1S/C24H49NO7S/c1-4-5-6-7-8-9-10-11-12-13-15-22(16-19-26)25(2,3)24(18-20-27,23(28)29)17-14-21-33(30,31)32/h22,26-27H,4-21H2,1-3H3,(H-,28,29,30,31,32). The third-order valence-corrected chi connectivity index (χ3v) is 8.07. The van der Waals surface area contributed by atoms with Crippen LogP contribution in [0.5, 0.6) is 0 Å². The number of aliphatic carboxylic acids is 1. The van der Waals surface area contributed by atoms with Crippen LogP contribution in [0.2, 0.25) is 0 Å². The van der Waals surface area contributed by atoms with Crippen molar-refractivity contribution in [1.82, 2.24) is 0 Å². The highest BCUT2D eigenvalue weighted by Gasteiger charge is 2.50. The zero-order valence-corrected chi connectivity index (χ0v) is 22.0. The summed E-state index contributed by atoms with van der Waals surface area (Å²) >= 11 is 0. The SMILES string of the molecule is CCCCCCCCCCCCC(CCO)[N+](C)(C)C(CCO)(CCCS(=O)(=O)O)C(=O)[O-]. The lowest BCUT2D eigenvalue weighted by Crippen LogP contribution is -2.71. The maximum Gasteiger partial charge on any atom is 0.264 e. The Morgan fingerprint density at radius 3 is 1.79 bits per heavy atom. The van der Waals surface area contributed by atoms with E-state index in [1.807, 2.05) is 0 Å². The molecule has 0 rings (SSSR count). The lowest BCUT2D eigenvalue weighted by molar-refractivity contribution is -0.958. The van der Waals surface area contributed by atoms with Crippen LogP contribution >= 0.6 is 0 Å². The summed E-state index contributed by atoms with van der Waals surface area (Å²) in [6, 6.07) is -0.181. The van der Waals surface area contributed by atoms with Gasteiger partial charge in [0.2, 0.25) is 0 Å². The van der Waals surface area contributed by atoms with E-state index < -0.39 is 27.4 Å². The number of rotatable bonds is 22. The van der Waals surface area contributed by atoms with Crippen LogP contribution in [0.1, 0.15) is 103 Å². The number of carboxylic acid groups (broad SMARTS) is 1. The fourth-order valence-electron chi connectivity index (χ4n) is 5.03. The summed E-state index contributed by atoms with van der Waals surface area (Å²) in [6.45, 7) is 1.74. The van der Waals surface area contributed by atoms with Crippen LogP contribution < -0.4 is 5.11 Å². The van der Waals surface area contributed by atoms with Crippen LogP contribution in [0.3, 0.4) is 0 Å². The Labute approximate surface area is 201 Å². The molecule has 0 aromatic carbocycles. The fourth-order valence-corrected chi connectivity index (χ4v) is 5.54. The number of nitrogens with zero attached hydrogens (tertiary/aromatic N) is 1. The zero-order chi connectivity index (χ0) is 25.4. The Hall–Kier alpha value is -0.740. The average Bonchev–Trinajstić information content (AvgIpc) is 2.72. The molecule has 0 aliphatic rings. The van der Waals surface area contributed by atoms with Crippen molar-refractivity contribution in [2.24, 2.45) is 0 Å². The molecule has 0 bridgehead atoms. The van der Waals surface area contributed by atoms with Gasteiger partial charge in [-0.1, -0.05) is 64.7 Å². The molecular formula is C24H49NO7S. The number of hydrogen-bond donors (Lipinski definition) is 3.